The zero-order valence-corrected chi connectivity index (χ0v) is 14.7. The van der Waals surface area contributed by atoms with Crippen molar-refractivity contribution in [1.29, 1.82) is 0 Å². The van der Waals surface area contributed by atoms with Crippen LogP contribution >= 0.6 is 0 Å². The lowest BCUT2D eigenvalue weighted by Gasteiger charge is -2.33. The van der Waals surface area contributed by atoms with Crippen molar-refractivity contribution in [2.75, 3.05) is 36.2 Å². The van der Waals surface area contributed by atoms with Crippen molar-refractivity contribution in [2.24, 2.45) is 5.41 Å². The molecule has 0 unspecified atom stereocenters. The quantitative estimate of drug-likeness (QED) is 0.841. The van der Waals surface area contributed by atoms with Gasteiger partial charge < -0.3 is 15.5 Å². The van der Waals surface area contributed by atoms with Crippen LogP contribution in [0.25, 0.3) is 0 Å². The number of hydrogen-bond donors (Lipinski definition) is 2. The Kier molecular flexibility index (Phi) is 5.36. The van der Waals surface area contributed by atoms with Gasteiger partial charge in [-0.25, -0.2) is 0 Å². The smallest absolute Gasteiger partial charge is 0.231 e. The third-order valence-electron chi connectivity index (χ3n) is 2.78. The third-order valence-corrected chi connectivity index (χ3v) is 2.78. The molecule has 120 valence electrons. The minimum Gasteiger partial charge on any atom is -0.354 e. The van der Waals surface area contributed by atoms with Gasteiger partial charge in [0.25, 0.3) is 0 Å². The van der Waals surface area contributed by atoms with Crippen LogP contribution in [0.5, 0.6) is 0 Å². The first-order valence-corrected chi connectivity index (χ1v) is 7.48. The summed E-state index contributed by atoms with van der Waals surface area (Å²) in [5.41, 5.74) is 0.144. The Hall–Kier alpha value is -1.59. The van der Waals surface area contributed by atoms with E-state index in [1.165, 1.54) is 0 Å². The second-order valence-corrected chi connectivity index (χ2v) is 7.45. The number of hydrogen-bond acceptors (Lipinski definition) is 6. The van der Waals surface area contributed by atoms with Crippen molar-refractivity contribution < 1.29 is 0 Å². The van der Waals surface area contributed by atoms with Gasteiger partial charge in [-0.3, -0.25) is 0 Å². The normalized spacial score (nSPS) is 12.2. The first-order chi connectivity index (χ1) is 9.52. The summed E-state index contributed by atoms with van der Waals surface area (Å²) in [7, 11) is 3.85. The van der Waals surface area contributed by atoms with E-state index in [9.17, 15) is 0 Å². The van der Waals surface area contributed by atoms with Crippen molar-refractivity contribution in [3.8, 4) is 0 Å². The molecule has 1 aromatic heterocycles. The molecule has 21 heavy (non-hydrogen) atoms. The first-order valence-electron chi connectivity index (χ1n) is 7.48. The average Bonchev–Trinajstić information content (AvgIpc) is 2.24. The summed E-state index contributed by atoms with van der Waals surface area (Å²) >= 11 is 0. The van der Waals surface area contributed by atoms with Gasteiger partial charge in [-0.1, -0.05) is 20.8 Å². The maximum Gasteiger partial charge on any atom is 0.231 e. The summed E-state index contributed by atoms with van der Waals surface area (Å²) in [6.07, 6.45) is 1.01. The van der Waals surface area contributed by atoms with Crippen LogP contribution in [0.1, 0.15) is 48.0 Å². The summed E-state index contributed by atoms with van der Waals surface area (Å²) < 4.78 is 0. The summed E-state index contributed by atoms with van der Waals surface area (Å²) in [6, 6.07) is 0. The predicted octanol–water partition coefficient (Wildman–Crippen LogP) is 3.00. The van der Waals surface area contributed by atoms with Crippen LogP contribution in [0.15, 0.2) is 0 Å². The number of nitrogens with zero attached hydrogens (tertiary/aromatic N) is 4. The zero-order chi connectivity index (χ0) is 16.3. The number of nitrogens with one attached hydrogen (secondary N) is 2. The van der Waals surface area contributed by atoms with Crippen LogP contribution in [0, 0.1) is 5.41 Å². The molecule has 6 nitrogen and oxygen atoms in total. The van der Waals surface area contributed by atoms with E-state index >= 15 is 0 Å². The zero-order valence-electron chi connectivity index (χ0n) is 14.7. The standard InChI is InChI=1S/C15H30N6/c1-9-16-11-17-12(19-13(18-11)21(7)8)20-15(5,6)10-14(2,3)4/h9-10H2,1-8H3,(H2,16,17,18,19,20). The summed E-state index contributed by atoms with van der Waals surface area (Å²) in [5, 5.41) is 6.59. The van der Waals surface area contributed by atoms with Gasteiger partial charge in [-0.2, -0.15) is 15.0 Å². The van der Waals surface area contributed by atoms with Crippen molar-refractivity contribution >= 4 is 17.8 Å². The van der Waals surface area contributed by atoms with E-state index in [-0.39, 0.29) is 11.0 Å². The molecule has 0 saturated carbocycles. The van der Waals surface area contributed by atoms with Crippen molar-refractivity contribution in [1.82, 2.24) is 15.0 Å². The minimum absolute atomic E-state index is 0.0906. The van der Waals surface area contributed by atoms with Crippen molar-refractivity contribution in [3.63, 3.8) is 0 Å². The van der Waals surface area contributed by atoms with Crippen LogP contribution in [-0.2, 0) is 0 Å². The second kappa shape index (κ2) is 6.45. The summed E-state index contributed by atoms with van der Waals surface area (Å²) in [5.74, 6) is 1.86. The molecule has 0 aliphatic rings. The molecule has 0 aromatic carbocycles. The lowest BCUT2D eigenvalue weighted by atomic mass is 9.82. The van der Waals surface area contributed by atoms with Gasteiger partial charge in [0.15, 0.2) is 0 Å². The van der Waals surface area contributed by atoms with Gasteiger partial charge in [-0.15, -0.1) is 0 Å². The maximum atomic E-state index is 4.48. The third kappa shape index (κ3) is 6.14. The molecule has 1 heterocycles. The van der Waals surface area contributed by atoms with Crippen LogP contribution in [0.4, 0.5) is 17.8 Å². The molecule has 0 aliphatic carbocycles. The fourth-order valence-corrected chi connectivity index (χ4v) is 2.53. The Balaban J connectivity index is 3.01. The largest absolute Gasteiger partial charge is 0.354 e. The highest BCUT2D eigenvalue weighted by Gasteiger charge is 2.26. The van der Waals surface area contributed by atoms with E-state index in [4.69, 9.17) is 0 Å². The molecule has 0 spiro atoms. The van der Waals surface area contributed by atoms with E-state index in [2.05, 4.69) is 60.2 Å². The van der Waals surface area contributed by atoms with Crippen LogP contribution < -0.4 is 15.5 Å². The molecular weight excluding hydrogens is 264 g/mol. The topological polar surface area (TPSA) is 66.0 Å². The molecule has 6 heteroatoms. The monoisotopic (exact) mass is 294 g/mol. The molecule has 0 saturated heterocycles. The van der Waals surface area contributed by atoms with Crippen LogP contribution in [-0.4, -0.2) is 41.1 Å². The lowest BCUT2D eigenvalue weighted by Crippen LogP contribution is -2.36. The van der Waals surface area contributed by atoms with Gasteiger partial charge >= 0.3 is 0 Å². The fraction of sp³-hybridized carbons (Fsp3) is 0.800. The molecule has 0 fully saturated rings. The van der Waals surface area contributed by atoms with E-state index in [0.717, 1.165) is 13.0 Å². The molecule has 0 atom stereocenters. The fourth-order valence-electron chi connectivity index (χ4n) is 2.53. The average molecular weight is 294 g/mol. The Labute approximate surface area is 128 Å². The Morgan fingerprint density at radius 3 is 2.00 bits per heavy atom. The number of rotatable bonds is 6. The molecule has 0 bridgehead atoms. The van der Waals surface area contributed by atoms with Crippen molar-refractivity contribution in [3.05, 3.63) is 0 Å². The summed E-state index contributed by atoms with van der Waals surface area (Å²) in [4.78, 5) is 15.2. The van der Waals surface area contributed by atoms with E-state index in [0.29, 0.717) is 17.8 Å². The van der Waals surface area contributed by atoms with E-state index in [1.54, 1.807) is 0 Å². The highest BCUT2D eigenvalue weighted by Crippen LogP contribution is 2.29. The first kappa shape index (κ1) is 17.5. The van der Waals surface area contributed by atoms with Crippen LogP contribution in [0.3, 0.4) is 0 Å². The summed E-state index contributed by atoms with van der Waals surface area (Å²) in [6.45, 7) is 13.9. The molecule has 0 aliphatic heterocycles. The highest BCUT2D eigenvalue weighted by molar-refractivity contribution is 5.44. The Morgan fingerprint density at radius 2 is 1.52 bits per heavy atom. The molecule has 1 rings (SSSR count). The van der Waals surface area contributed by atoms with Gasteiger partial charge in [0.1, 0.15) is 0 Å². The van der Waals surface area contributed by atoms with Crippen LogP contribution in [0.2, 0.25) is 0 Å². The second-order valence-electron chi connectivity index (χ2n) is 7.45. The van der Waals surface area contributed by atoms with Gasteiger partial charge in [0, 0.05) is 26.2 Å². The molecule has 0 amide bonds. The Bertz CT molecular complexity index is 462. The highest BCUT2D eigenvalue weighted by atomic mass is 15.3. The lowest BCUT2D eigenvalue weighted by molar-refractivity contribution is 0.301. The number of anilines is 3. The predicted molar refractivity (Wildman–Crippen MR) is 90.1 cm³/mol. The van der Waals surface area contributed by atoms with Crippen molar-refractivity contribution in [2.45, 2.75) is 53.5 Å². The van der Waals surface area contributed by atoms with Gasteiger partial charge in [0.05, 0.1) is 0 Å². The van der Waals surface area contributed by atoms with Gasteiger partial charge in [0.2, 0.25) is 17.8 Å². The SMILES string of the molecule is CCNc1nc(NC(C)(C)CC(C)(C)C)nc(N(C)C)n1. The molecule has 1 aromatic rings. The minimum atomic E-state index is -0.0906. The molecular formula is C15H30N6. The Morgan fingerprint density at radius 1 is 0.952 bits per heavy atom. The van der Waals surface area contributed by atoms with Gasteiger partial charge in [-0.05, 0) is 32.6 Å². The maximum absolute atomic E-state index is 4.48. The molecule has 0 radical (unpaired) electrons. The molecule has 2 N–H and O–H groups in total. The number of aromatic nitrogens is 3. The van der Waals surface area contributed by atoms with E-state index < -0.39 is 0 Å². The van der Waals surface area contributed by atoms with E-state index in [1.807, 2.05) is 25.9 Å².